The number of ether oxygens (including phenoxy) is 1. The van der Waals surface area contributed by atoms with Crippen molar-refractivity contribution in [2.24, 2.45) is 0 Å². The third-order valence-corrected chi connectivity index (χ3v) is 2.59. The Kier molecular flexibility index (Phi) is 5.95. The van der Waals surface area contributed by atoms with Crippen molar-refractivity contribution in [2.75, 3.05) is 19.8 Å². The Bertz CT molecular complexity index is 360. The van der Waals surface area contributed by atoms with Crippen LogP contribution in [0.4, 0.5) is 0 Å². The fraction of sp³-hybridized carbons (Fsp3) is 0.467. The summed E-state index contributed by atoms with van der Waals surface area (Å²) >= 11 is 0. The van der Waals surface area contributed by atoms with Crippen LogP contribution in [0, 0.1) is 6.92 Å². The molecule has 0 fully saturated rings. The first-order valence-electron chi connectivity index (χ1n) is 6.11. The van der Waals surface area contributed by atoms with E-state index in [1.54, 1.807) is 0 Å². The van der Waals surface area contributed by atoms with Crippen LogP contribution in [0.1, 0.15) is 31.0 Å². The van der Waals surface area contributed by atoms with Gasteiger partial charge in [-0.3, -0.25) is 0 Å². The molecule has 0 aliphatic carbocycles. The molecule has 0 aliphatic heterocycles. The standard InChI is InChI=1S/C15H23NO/c1-12(2)11-17-9-8-16-14(4)15-7-5-6-13(3)10-15/h5-7,10,14,16H,1,8-9,11H2,2-4H3. The first kappa shape index (κ1) is 13.9. The Morgan fingerprint density at radius 1 is 1.47 bits per heavy atom. The molecule has 0 saturated carbocycles. The van der Waals surface area contributed by atoms with E-state index < -0.39 is 0 Å². The highest BCUT2D eigenvalue weighted by molar-refractivity contribution is 5.24. The Balaban J connectivity index is 2.25. The Labute approximate surface area is 105 Å². The molecular weight excluding hydrogens is 210 g/mol. The molecule has 0 bridgehead atoms. The second-order valence-corrected chi connectivity index (χ2v) is 4.60. The molecule has 0 saturated heterocycles. The average Bonchev–Trinajstić information content (AvgIpc) is 2.28. The van der Waals surface area contributed by atoms with Gasteiger partial charge in [0.2, 0.25) is 0 Å². The topological polar surface area (TPSA) is 21.3 Å². The van der Waals surface area contributed by atoms with Crippen molar-refractivity contribution in [3.63, 3.8) is 0 Å². The molecule has 94 valence electrons. The predicted octanol–water partition coefficient (Wildman–Crippen LogP) is 3.24. The van der Waals surface area contributed by atoms with E-state index in [1.807, 2.05) is 6.92 Å². The minimum absolute atomic E-state index is 0.364. The Morgan fingerprint density at radius 3 is 2.88 bits per heavy atom. The zero-order valence-electron chi connectivity index (χ0n) is 11.1. The molecule has 1 unspecified atom stereocenters. The van der Waals surface area contributed by atoms with E-state index in [2.05, 4.69) is 50.0 Å². The lowest BCUT2D eigenvalue weighted by atomic mass is 10.1. The van der Waals surface area contributed by atoms with Gasteiger partial charge in [0.1, 0.15) is 0 Å². The highest BCUT2D eigenvalue weighted by Gasteiger charge is 2.03. The van der Waals surface area contributed by atoms with Crippen LogP contribution in [0.2, 0.25) is 0 Å². The molecule has 0 amide bonds. The number of nitrogens with one attached hydrogen (secondary N) is 1. The highest BCUT2D eigenvalue weighted by atomic mass is 16.5. The zero-order valence-corrected chi connectivity index (χ0v) is 11.1. The van der Waals surface area contributed by atoms with Crippen LogP contribution in [-0.2, 0) is 4.74 Å². The van der Waals surface area contributed by atoms with E-state index in [4.69, 9.17) is 4.74 Å². The minimum atomic E-state index is 0.364. The van der Waals surface area contributed by atoms with Crippen molar-refractivity contribution in [1.29, 1.82) is 0 Å². The van der Waals surface area contributed by atoms with Crippen molar-refractivity contribution < 1.29 is 4.74 Å². The van der Waals surface area contributed by atoms with Crippen molar-refractivity contribution in [1.82, 2.24) is 5.32 Å². The summed E-state index contributed by atoms with van der Waals surface area (Å²) in [4.78, 5) is 0. The Hall–Kier alpha value is -1.12. The van der Waals surface area contributed by atoms with E-state index in [1.165, 1.54) is 11.1 Å². The van der Waals surface area contributed by atoms with E-state index in [9.17, 15) is 0 Å². The van der Waals surface area contributed by atoms with Gasteiger partial charge in [0.15, 0.2) is 0 Å². The quantitative estimate of drug-likeness (QED) is 0.576. The average molecular weight is 233 g/mol. The van der Waals surface area contributed by atoms with Crippen LogP contribution in [0.15, 0.2) is 36.4 Å². The number of aryl methyl sites for hydroxylation is 1. The fourth-order valence-electron chi connectivity index (χ4n) is 1.65. The summed E-state index contributed by atoms with van der Waals surface area (Å²) in [6.45, 7) is 12.3. The van der Waals surface area contributed by atoms with Gasteiger partial charge in [0.05, 0.1) is 13.2 Å². The molecule has 1 aromatic rings. The molecule has 2 nitrogen and oxygen atoms in total. The monoisotopic (exact) mass is 233 g/mol. The first-order valence-corrected chi connectivity index (χ1v) is 6.11. The second-order valence-electron chi connectivity index (χ2n) is 4.60. The van der Waals surface area contributed by atoms with Gasteiger partial charge in [-0.1, -0.05) is 42.0 Å². The fourth-order valence-corrected chi connectivity index (χ4v) is 1.65. The molecule has 1 aromatic carbocycles. The van der Waals surface area contributed by atoms with Crippen LogP contribution in [0.25, 0.3) is 0 Å². The maximum Gasteiger partial charge on any atom is 0.0672 e. The summed E-state index contributed by atoms with van der Waals surface area (Å²) in [7, 11) is 0. The summed E-state index contributed by atoms with van der Waals surface area (Å²) in [6, 6.07) is 8.95. The van der Waals surface area contributed by atoms with Gasteiger partial charge >= 0.3 is 0 Å². The number of benzene rings is 1. The molecule has 1 N–H and O–H groups in total. The summed E-state index contributed by atoms with van der Waals surface area (Å²) in [5.74, 6) is 0. The van der Waals surface area contributed by atoms with Gasteiger partial charge < -0.3 is 10.1 Å². The Morgan fingerprint density at radius 2 is 2.24 bits per heavy atom. The van der Waals surface area contributed by atoms with Gasteiger partial charge in [-0.25, -0.2) is 0 Å². The molecule has 17 heavy (non-hydrogen) atoms. The van der Waals surface area contributed by atoms with Gasteiger partial charge in [0, 0.05) is 12.6 Å². The van der Waals surface area contributed by atoms with Crippen LogP contribution in [-0.4, -0.2) is 19.8 Å². The van der Waals surface area contributed by atoms with Crippen molar-refractivity contribution in [3.05, 3.63) is 47.5 Å². The number of hydrogen-bond acceptors (Lipinski definition) is 2. The third-order valence-electron chi connectivity index (χ3n) is 2.59. The van der Waals surface area contributed by atoms with Crippen LogP contribution in [0.5, 0.6) is 0 Å². The van der Waals surface area contributed by atoms with E-state index in [0.29, 0.717) is 12.6 Å². The third kappa shape index (κ3) is 5.66. The maximum atomic E-state index is 5.44. The summed E-state index contributed by atoms with van der Waals surface area (Å²) in [5.41, 5.74) is 3.69. The smallest absolute Gasteiger partial charge is 0.0672 e. The first-order chi connectivity index (χ1) is 8.09. The van der Waals surface area contributed by atoms with Gasteiger partial charge in [0.25, 0.3) is 0 Å². The van der Waals surface area contributed by atoms with E-state index >= 15 is 0 Å². The van der Waals surface area contributed by atoms with Gasteiger partial charge in [-0.2, -0.15) is 0 Å². The highest BCUT2D eigenvalue weighted by Crippen LogP contribution is 2.13. The molecule has 0 spiro atoms. The molecular formula is C15H23NO. The SMILES string of the molecule is C=C(C)COCCNC(C)c1cccc(C)c1. The number of hydrogen-bond donors (Lipinski definition) is 1. The summed E-state index contributed by atoms with van der Waals surface area (Å²) < 4.78 is 5.44. The lowest BCUT2D eigenvalue weighted by Gasteiger charge is -2.14. The summed E-state index contributed by atoms with van der Waals surface area (Å²) in [5, 5.41) is 3.45. The lowest BCUT2D eigenvalue weighted by Crippen LogP contribution is -2.23. The van der Waals surface area contributed by atoms with Crippen LogP contribution < -0.4 is 5.32 Å². The minimum Gasteiger partial charge on any atom is -0.376 e. The second kappa shape index (κ2) is 7.25. The number of rotatable bonds is 7. The molecule has 2 heteroatoms. The predicted molar refractivity (Wildman–Crippen MR) is 73.2 cm³/mol. The van der Waals surface area contributed by atoms with Crippen molar-refractivity contribution in [3.8, 4) is 0 Å². The molecule has 0 radical (unpaired) electrons. The van der Waals surface area contributed by atoms with E-state index in [-0.39, 0.29) is 0 Å². The molecule has 1 rings (SSSR count). The van der Waals surface area contributed by atoms with Crippen LogP contribution in [0.3, 0.4) is 0 Å². The van der Waals surface area contributed by atoms with Crippen LogP contribution >= 0.6 is 0 Å². The van der Waals surface area contributed by atoms with Gasteiger partial charge in [-0.15, -0.1) is 0 Å². The van der Waals surface area contributed by atoms with Crippen molar-refractivity contribution in [2.45, 2.75) is 26.8 Å². The molecule has 0 aliphatic rings. The molecule has 0 aromatic heterocycles. The van der Waals surface area contributed by atoms with E-state index in [0.717, 1.165) is 18.7 Å². The normalized spacial score (nSPS) is 12.4. The molecule has 1 atom stereocenters. The lowest BCUT2D eigenvalue weighted by molar-refractivity contribution is 0.156. The largest absolute Gasteiger partial charge is 0.376 e. The van der Waals surface area contributed by atoms with Crippen molar-refractivity contribution >= 4 is 0 Å². The molecule has 0 heterocycles. The maximum absolute atomic E-state index is 5.44. The zero-order chi connectivity index (χ0) is 12.7. The summed E-state index contributed by atoms with van der Waals surface area (Å²) in [6.07, 6.45) is 0. The van der Waals surface area contributed by atoms with Gasteiger partial charge in [-0.05, 0) is 26.3 Å².